The number of cyclic esters (lactones) is 1. The molecule has 1 N–H and O–H groups in total. The van der Waals surface area contributed by atoms with Gasteiger partial charge >= 0.3 is 6.09 Å². The number of sulfone groups is 1. The second-order valence-electron chi connectivity index (χ2n) is 8.50. The first-order valence-corrected chi connectivity index (χ1v) is 12.9. The zero-order chi connectivity index (χ0) is 24.5. The Hall–Kier alpha value is -3.29. The molecule has 184 valence electrons. The van der Waals surface area contributed by atoms with E-state index in [9.17, 15) is 22.4 Å². The smallest absolute Gasteiger partial charge is 0.414 e. The van der Waals surface area contributed by atoms with Crippen LogP contribution in [0.2, 0.25) is 0 Å². The largest absolute Gasteiger partial charge is 0.442 e. The minimum absolute atomic E-state index is 0.0562. The van der Waals surface area contributed by atoms with Crippen LogP contribution in [0, 0.1) is 5.82 Å². The van der Waals surface area contributed by atoms with Gasteiger partial charge < -0.3 is 15.0 Å². The first-order chi connectivity index (χ1) is 16.1. The van der Waals surface area contributed by atoms with Crippen LogP contribution in [0.5, 0.6) is 0 Å². The summed E-state index contributed by atoms with van der Waals surface area (Å²) in [4.78, 5) is 27.9. The molecule has 0 saturated carbocycles. The number of aromatic nitrogens is 4. The molecule has 0 unspecified atom stereocenters. The summed E-state index contributed by atoms with van der Waals surface area (Å²) in [5, 5.41) is 14.6. The molecule has 0 radical (unpaired) electrons. The van der Waals surface area contributed by atoms with Crippen molar-refractivity contribution in [3.8, 4) is 0 Å². The third-order valence-corrected chi connectivity index (χ3v) is 6.47. The van der Waals surface area contributed by atoms with E-state index in [1.807, 2.05) is 4.90 Å². The maximum atomic E-state index is 15.0. The van der Waals surface area contributed by atoms with Crippen LogP contribution in [0.4, 0.5) is 20.6 Å². The number of anilines is 2. The molecule has 2 saturated heterocycles. The Morgan fingerprint density at radius 1 is 1.29 bits per heavy atom. The minimum Gasteiger partial charge on any atom is -0.442 e. The summed E-state index contributed by atoms with van der Waals surface area (Å²) in [5.41, 5.74) is 0.811. The van der Waals surface area contributed by atoms with E-state index in [0.29, 0.717) is 37.3 Å². The number of hydrogen-bond donors (Lipinski definition) is 1. The lowest BCUT2D eigenvalue weighted by molar-refractivity contribution is -0.119. The second-order valence-corrected chi connectivity index (χ2v) is 10.6. The van der Waals surface area contributed by atoms with Crippen LogP contribution in [0.15, 0.2) is 18.2 Å². The molecule has 34 heavy (non-hydrogen) atoms. The zero-order valence-corrected chi connectivity index (χ0v) is 19.7. The molecule has 1 aromatic heterocycles. The van der Waals surface area contributed by atoms with Crippen molar-refractivity contribution >= 4 is 33.2 Å². The predicted molar refractivity (Wildman–Crippen MR) is 120 cm³/mol. The summed E-state index contributed by atoms with van der Waals surface area (Å²) in [6, 6.07) is 4.56. The van der Waals surface area contributed by atoms with Gasteiger partial charge in [-0.3, -0.25) is 9.69 Å². The molecule has 3 heterocycles. The number of benzene rings is 1. The summed E-state index contributed by atoms with van der Waals surface area (Å²) in [5.74, 6) is -0.778. The van der Waals surface area contributed by atoms with E-state index in [4.69, 9.17) is 4.74 Å². The molecule has 2 aliphatic heterocycles. The lowest BCUT2D eigenvalue weighted by Gasteiger charge is -2.33. The SMILES string of the molecule is CC(=O)NC[C@H]1CN(c2ccc(N3CCC(n4nnc(CS(C)(=O)=O)n4)CC3)c(F)c2)C(=O)O1. The van der Waals surface area contributed by atoms with Gasteiger partial charge in [0.1, 0.15) is 17.7 Å². The summed E-state index contributed by atoms with van der Waals surface area (Å²) in [6.45, 7) is 2.89. The highest BCUT2D eigenvalue weighted by Gasteiger charge is 2.33. The molecule has 2 fully saturated rings. The number of amides is 2. The normalized spacial score (nSPS) is 19.4. The summed E-state index contributed by atoms with van der Waals surface area (Å²) in [6.07, 6.45) is 1.31. The highest BCUT2D eigenvalue weighted by molar-refractivity contribution is 7.89. The Kier molecular flexibility index (Phi) is 6.68. The van der Waals surface area contributed by atoms with E-state index >= 15 is 0 Å². The molecular weight excluding hydrogens is 469 g/mol. The van der Waals surface area contributed by atoms with Gasteiger partial charge in [-0.15, -0.1) is 10.2 Å². The molecule has 0 bridgehead atoms. The highest BCUT2D eigenvalue weighted by atomic mass is 32.2. The van der Waals surface area contributed by atoms with Crippen molar-refractivity contribution in [3.63, 3.8) is 0 Å². The van der Waals surface area contributed by atoms with Crippen LogP contribution >= 0.6 is 0 Å². The average Bonchev–Trinajstić information content (AvgIpc) is 3.37. The zero-order valence-electron chi connectivity index (χ0n) is 18.8. The van der Waals surface area contributed by atoms with E-state index in [1.54, 1.807) is 12.1 Å². The number of nitrogens with zero attached hydrogens (tertiary/aromatic N) is 6. The summed E-state index contributed by atoms with van der Waals surface area (Å²) >= 11 is 0. The Morgan fingerprint density at radius 2 is 2.03 bits per heavy atom. The number of hydrogen-bond acceptors (Lipinski definition) is 9. The topological polar surface area (TPSA) is 140 Å². The molecule has 14 heteroatoms. The predicted octanol–water partition coefficient (Wildman–Crippen LogP) is 0.660. The van der Waals surface area contributed by atoms with Crippen molar-refractivity contribution in [1.82, 2.24) is 25.5 Å². The van der Waals surface area contributed by atoms with Gasteiger partial charge in [-0.25, -0.2) is 17.6 Å². The summed E-state index contributed by atoms with van der Waals surface area (Å²) in [7, 11) is -3.24. The number of halogens is 1. The number of piperidine rings is 1. The number of rotatable bonds is 7. The Morgan fingerprint density at radius 3 is 2.68 bits per heavy atom. The molecule has 4 rings (SSSR count). The first kappa shape index (κ1) is 23.9. The maximum absolute atomic E-state index is 15.0. The maximum Gasteiger partial charge on any atom is 0.414 e. The average molecular weight is 496 g/mol. The van der Waals surface area contributed by atoms with Crippen LogP contribution in [0.25, 0.3) is 0 Å². The summed E-state index contributed by atoms with van der Waals surface area (Å²) < 4.78 is 43.0. The van der Waals surface area contributed by atoms with Gasteiger partial charge in [-0.2, -0.15) is 4.80 Å². The fraction of sp³-hybridized carbons (Fsp3) is 0.550. The quantitative estimate of drug-likeness (QED) is 0.587. The van der Waals surface area contributed by atoms with Gasteiger partial charge in [0.15, 0.2) is 15.7 Å². The van der Waals surface area contributed by atoms with Crippen molar-refractivity contribution in [1.29, 1.82) is 0 Å². The molecule has 2 amide bonds. The highest BCUT2D eigenvalue weighted by Crippen LogP contribution is 2.31. The van der Waals surface area contributed by atoms with Crippen molar-refractivity contribution in [2.45, 2.75) is 37.7 Å². The van der Waals surface area contributed by atoms with Crippen LogP contribution in [-0.2, 0) is 25.1 Å². The Balaban J connectivity index is 1.36. The van der Waals surface area contributed by atoms with E-state index < -0.39 is 27.9 Å². The lowest BCUT2D eigenvalue weighted by atomic mass is 10.0. The molecule has 1 aromatic carbocycles. The molecule has 12 nitrogen and oxygen atoms in total. The van der Waals surface area contributed by atoms with Gasteiger partial charge in [0.25, 0.3) is 0 Å². The molecular formula is C20H26FN7O5S. The third-order valence-electron chi connectivity index (χ3n) is 5.69. The van der Waals surface area contributed by atoms with E-state index in [-0.39, 0.29) is 36.6 Å². The molecule has 0 spiro atoms. The number of nitrogens with one attached hydrogen (secondary N) is 1. The third kappa shape index (κ3) is 5.61. The fourth-order valence-electron chi connectivity index (χ4n) is 4.06. The van der Waals surface area contributed by atoms with Crippen LogP contribution in [0.1, 0.15) is 31.6 Å². The van der Waals surface area contributed by atoms with Crippen LogP contribution < -0.4 is 15.1 Å². The lowest BCUT2D eigenvalue weighted by Crippen LogP contribution is -2.36. The van der Waals surface area contributed by atoms with Gasteiger partial charge in [0.2, 0.25) is 5.91 Å². The van der Waals surface area contributed by atoms with Crippen molar-refractivity contribution in [2.24, 2.45) is 0 Å². The van der Waals surface area contributed by atoms with Gasteiger partial charge in [0, 0.05) is 26.3 Å². The Labute approximate surface area is 196 Å². The molecule has 1 atom stereocenters. The van der Waals surface area contributed by atoms with Gasteiger partial charge in [0.05, 0.1) is 30.5 Å². The number of carbonyl (C=O) groups is 2. The van der Waals surface area contributed by atoms with Crippen LogP contribution in [-0.4, -0.2) is 79.2 Å². The fourth-order valence-corrected chi connectivity index (χ4v) is 4.64. The van der Waals surface area contributed by atoms with Crippen molar-refractivity contribution in [3.05, 3.63) is 29.8 Å². The van der Waals surface area contributed by atoms with Crippen molar-refractivity contribution in [2.75, 3.05) is 42.2 Å². The van der Waals surface area contributed by atoms with Gasteiger partial charge in [-0.05, 0) is 36.3 Å². The van der Waals surface area contributed by atoms with E-state index in [0.717, 1.165) is 6.26 Å². The Bertz CT molecular complexity index is 1180. The minimum atomic E-state index is -3.24. The number of ether oxygens (including phenoxy) is 1. The van der Waals surface area contributed by atoms with Crippen molar-refractivity contribution < 1.29 is 27.1 Å². The van der Waals surface area contributed by atoms with Crippen LogP contribution in [0.3, 0.4) is 0 Å². The van der Waals surface area contributed by atoms with E-state index in [1.165, 1.54) is 22.7 Å². The number of carbonyl (C=O) groups excluding carboxylic acids is 2. The monoisotopic (exact) mass is 495 g/mol. The second kappa shape index (κ2) is 9.52. The molecule has 2 aliphatic rings. The molecule has 0 aliphatic carbocycles. The van der Waals surface area contributed by atoms with Gasteiger partial charge in [-0.1, -0.05) is 0 Å². The number of tetrazole rings is 1. The molecule has 2 aromatic rings. The van der Waals surface area contributed by atoms with E-state index in [2.05, 4.69) is 20.7 Å². The standard InChI is InChI=1S/C20H26FN7O5S/c1-13(29)22-10-16-11-27(20(30)33-16)15-3-4-18(17(21)9-15)26-7-5-14(6-8-26)28-24-19(23-25-28)12-34(2,31)32/h3-4,9,14,16H,5-8,10-12H2,1-2H3,(H,22,29)/t16-/m0/s1. The first-order valence-electron chi connectivity index (χ1n) is 10.8.